The summed E-state index contributed by atoms with van der Waals surface area (Å²) in [6, 6.07) is 7.44. The van der Waals surface area contributed by atoms with Gasteiger partial charge in [0.2, 0.25) is 0 Å². The number of nitrogen functional groups attached to an aromatic ring is 1. The van der Waals surface area contributed by atoms with Crippen LogP contribution in [-0.4, -0.2) is 15.1 Å². The van der Waals surface area contributed by atoms with E-state index in [1.54, 1.807) is 0 Å². The van der Waals surface area contributed by atoms with Gasteiger partial charge in [0.05, 0.1) is 5.69 Å². The molecular formula is C12H11N5O. The second-order valence-corrected chi connectivity index (χ2v) is 3.92. The van der Waals surface area contributed by atoms with Crippen molar-refractivity contribution in [3.05, 3.63) is 36.3 Å². The molecule has 1 aromatic carbocycles. The quantitative estimate of drug-likeness (QED) is 0.669. The number of aryl methyl sites for hydroxylation is 1. The topological polar surface area (TPSA) is 89.9 Å². The zero-order valence-electron chi connectivity index (χ0n) is 9.71. The first-order valence-electron chi connectivity index (χ1n) is 5.43. The molecule has 0 unspecified atom stereocenters. The molecule has 3 aromatic rings. The van der Waals surface area contributed by atoms with Gasteiger partial charge in [0.1, 0.15) is 17.5 Å². The first kappa shape index (κ1) is 10.5. The lowest BCUT2D eigenvalue weighted by atomic mass is 10.2. The molecule has 2 heterocycles. The Balaban J connectivity index is 2.07. The second kappa shape index (κ2) is 3.99. The van der Waals surface area contributed by atoms with Crippen LogP contribution in [0.1, 0.15) is 5.69 Å². The number of anilines is 3. The van der Waals surface area contributed by atoms with Crippen molar-refractivity contribution in [2.24, 2.45) is 0 Å². The van der Waals surface area contributed by atoms with Crippen LogP contribution >= 0.6 is 0 Å². The summed E-state index contributed by atoms with van der Waals surface area (Å²) in [7, 11) is 0. The van der Waals surface area contributed by atoms with Crippen molar-refractivity contribution in [2.75, 3.05) is 11.1 Å². The maximum atomic E-state index is 5.73. The SMILES string of the molecule is Cc1noc2ncnc(Nc3cccc(N)c3)c12. The molecule has 0 aliphatic rings. The average Bonchev–Trinajstić information content (AvgIpc) is 2.72. The summed E-state index contributed by atoms with van der Waals surface area (Å²) in [6.07, 6.45) is 1.43. The molecule has 0 radical (unpaired) electrons. The molecule has 0 amide bonds. The van der Waals surface area contributed by atoms with Gasteiger partial charge < -0.3 is 15.6 Å². The lowest BCUT2D eigenvalue weighted by Crippen LogP contribution is -1.96. The zero-order chi connectivity index (χ0) is 12.5. The Morgan fingerprint density at radius 3 is 3.00 bits per heavy atom. The van der Waals surface area contributed by atoms with Crippen molar-refractivity contribution in [3.63, 3.8) is 0 Å². The molecule has 90 valence electrons. The molecule has 0 atom stereocenters. The third kappa shape index (κ3) is 1.73. The van der Waals surface area contributed by atoms with Gasteiger partial charge in [-0.25, -0.2) is 4.98 Å². The monoisotopic (exact) mass is 241 g/mol. The fraction of sp³-hybridized carbons (Fsp3) is 0.0833. The molecule has 0 saturated carbocycles. The minimum atomic E-state index is 0.467. The maximum absolute atomic E-state index is 5.73. The summed E-state index contributed by atoms with van der Waals surface area (Å²) in [5, 5.41) is 7.83. The van der Waals surface area contributed by atoms with Crippen LogP contribution in [0.15, 0.2) is 35.1 Å². The lowest BCUT2D eigenvalue weighted by molar-refractivity contribution is 0.442. The van der Waals surface area contributed by atoms with Gasteiger partial charge in [0, 0.05) is 11.4 Å². The number of hydrogen-bond acceptors (Lipinski definition) is 6. The van der Waals surface area contributed by atoms with E-state index in [1.165, 1.54) is 6.33 Å². The number of rotatable bonds is 2. The molecule has 2 aromatic heterocycles. The smallest absolute Gasteiger partial charge is 0.263 e. The highest BCUT2D eigenvalue weighted by molar-refractivity contribution is 5.89. The summed E-state index contributed by atoms with van der Waals surface area (Å²) in [4.78, 5) is 8.22. The van der Waals surface area contributed by atoms with E-state index >= 15 is 0 Å². The molecule has 0 spiro atoms. The van der Waals surface area contributed by atoms with Crippen LogP contribution in [0.2, 0.25) is 0 Å². The van der Waals surface area contributed by atoms with Gasteiger partial charge in [-0.15, -0.1) is 0 Å². The fourth-order valence-corrected chi connectivity index (χ4v) is 1.77. The summed E-state index contributed by atoms with van der Waals surface area (Å²) in [5.74, 6) is 0.657. The van der Waals surface area contributed by atoms with Crippen LogP contribution in [0.4, 0.5) is 17.2 Å². The minimum absolute atomic E-state index is 0.467. The van der Waals surface area contributed by atoms with Crippen molar-refractivity contribution in [1.82, 2.24) is 15.1 Å². The minimum Gasteiger partial charge on any atom is -0.399 e. The van der Waals surface area contributed by atoms with Gasteiger partial charge in [-0.1, -0.05) is 11.2 Å². The summed E-state index contributed by atoms with van der Waals surface area (Å²) >= 11 is 0. The molecule has 3 N–H and O–H groups in total. The van der Waals surface area contributed by atoms with Crippen LogP contribution in [0, 0.1) is 6.92 Å². The van der Waals surface area contributed by atoms with E-state index in [-0.39, 0.29) is 0 Å². The summed E-state index contributed by atoms with van der Waals surface area (Å²) in [6.45, 7) is 1.85. The largest absolute Gasteiger partial charge is 0.399 e. The molecule has 6 nitrogen and oxygen atoms in total. The normalized spacial score (nSPS) is 10.7. The third-order valence-corrected chi connectivity index (χ3v) is 2.59. The molecule has 3 rings (SSSR count). The van der Waals surface area contributed by atoms with E-state index in [2.05, 4.69) is 20.4 Å². The van der Waals surface area contributed by atoms with E-state index in [0.29, 0.717) is 17.2 Å². The predicted octanol–water partition coefficient (Wildman–Crippen LogP) is 2.25. The summed E-state index contributed by atoms with van der Waals surface area (Å²) < 4.78 is 5.08. The number of aromatic nitrogens is 3. The molecule has 0 aliphatic carbocycles. The first-order valence-corrected chi connectivity index (χ1v) is 5.43. The van der Waals surface area contributed by atoms with E-state index in [9.17, 15) is 0 Å². The van der Waals surface area contributed by atoms with Gasteiger partial charge in [0.15, 0.2) is 0 Å². The van der Waals surface area contributed by atoms with Gasteiger partial charge >= 0.3 is 0 Å². The van der Waals surface area contributed by atoms with Crippen LogP contribution < -0.4 is 11.1 Å². The van der Waals surface area contributed by atoms with Gasteiger partial charge in [0.25, 0.3) is 5.71 Å². The second-order valence-electron chi connectivity index (χ2n) is 3.92. The number of nitrogens with two attached hydrogens (primary N) is 1. The van der Waals surface area contributed by atoms with E-state index in [4.69, 9.17) is 10.3 Å². The number of nitrogens with one attached hydrogen (secondary N) is 1. The molecule has 0 bridgehead atoms. The highest BCUT2D eigenvalue weighted by Gasteiger charge is 2.11. The molecule has 0 aliphatic heterocycles. The van der Waals surface area contributed by atoms with Crippen molar-refractivity contribution in [2.45, 2.75) is 6.92 Å². The highest BCUT2D eigenvalue weighted by Crippen LogP contribution is 2.25. The van der Waals surface area contributed by atoms with Crippen molar-refractivity contribution in [1.29, 1.82) is 0 Å². The number of benzene rings is 1. The van der Waals surface area contributed by atoms with Crippen LogP contribution in [0.25, 0.3) is 11.1 Å². The van der Waals surface area contributed by atoms with Crippen LogP contribution in [-0.2, 0) is 0 Å². The Morgan fingerprint density at radius 2 is 2.17 bits per heavy atom. The fourth-order valence-electron chi connectivity index (χ4n) is 1.77. The standard InChI is InChI=1S/C12H11N5O/c1-7-10-11(14-6-15-12(10)18-17-7)16-9-4-2-3-8(13)5-9/h2-6H,13H2,1H3,(H,14,15,16). The average molecular weight is 241 g/mol. The molecule has 18 heavy (non-hydrogen) atoms. The van der Waals surface area contributed by atoms with Crippen molar-refractivity contribution < 1.29 is 4.52 Å². The van der Waals surface area contributed by atoms with E-state index in [1.807, 2.05) is 31.2 Å². The van der Waals surface area contributed by atoms with Crippen molar-refractivity contribution in [3.8, 4) is 0 Å². The molecular weight excluding hydrogens is 230 g/mol. The Kier molecular flexibility index (Phi) is 2.33. The van der Waals surface area contributed by atoms with Crippen LogP contribution in [0.3, 0.4) is 0 Å². The molecule has 6 heteroatoms. The Morgan fingerprint density at radius 1 is 1.28 bits per heavy atom. The van der Waals surface area contributed by atoms with Gasteiger partial charge in [-0.3, -0.25) is 0 Å². The number of hydrogen-bond donors (Lipinski definition) is 2. The highest BCUT2D eigenvalue weighted by atomic mass is 16.5. The van der Waals surface area contributed by atoms with Gasteiger partial charge in [-0.05, 0) is 25.1 Å². The van der Waals surface area contributed by atoms with E-state index in [0.717, 1.165) is 16.8 Å². The van der Waals surface area contributed by atoms with Crippen molar-refractivity contribution >= 4 is 28.3 Å². The van der Waals surface area contributed by atoms with Crippen LogP contribution in [0.5, 0.6) is 0 Å². The number of nitrogens with zero attached hydrogens (tertiary/aromatic N) is 3. The Bertz CT molecular complexity index is 707. The Hall–Kier alpha value is -2.63. The zero-order valence-corrected chi connectivity index (χ0v) is 9.71. The van der Waals surface area contributed by atoms with Gasteiger partial charge in [-0.2, -0.15) is 4.98 Å². The molecule has 0 fully saturated rings. The first-order chi connectivity index (χ1) is 8.74. The summed E-state index contributed by atoms with van der Waals surface area (Å²) in [5.41, 5.74) is 8.49. The predicted molar refractivity (Wildman–Crippen MR) is 68.5 cm³/mol. The molecule has 0 saturated heterocycles. The van der Waals surface area contributed by atoms with E-state index < -0.39 is 0 Å². The maximum Gasteiger partial charge on any atom is 0.263 e. The lowest BCUT2D eigenvalue weighted by Gasteiger charge is -2.06. The third-order valence-electron chi connectivity index (χ3n) is 2.59. The number of fused-ring (bicyclic) bond motifs is 1. The Labute approximate surface area is 103 Å².